The molecule has 5 atom stereocenters. The molecular formula is C40H46N2O6. The van der Waals surface area contributed by atoms with Crippen LogP contribution in [0.2, 0.25) is 0 Å². The smallest absolute Gasteiger partial charge is 0.303 e. The molecule has 1 heterocycles. The molecule has 8 nitrogen and oxygen atoms in total. The second-order valence-electron chi connectivity index (χ2n) is 12.7. The molecule has 0 aromatic heterocycles. The van der Waals surface area contributed by atoms with Crippen LogP contribution in [0.3, 0.4) is 0 Å². The van der Waals surface area contributed by atoms with Gasteiger partial charge in [0.1, 0.15) is 0 Å². The van der Waals surface area contributed by atoms with E-state index in [4.69, 9.17) is 14.6 Å². The summed E-state index contributed by atoms with van der Waals surface area (Å²) in [7, 11) is 2.14. The average molecular weight is 651 g/mol. The Bertz CT molecular complexity index is 1630. The maximum atomic E-state index is 12.1. The molecule has 252 valence electrons. The molecule has 48 heavy (non-hydrogen) atoms. The number of benzene rings is 4. The summed E-state index contributed by atoms with van der Waals surface area (Å²) in [6.07, 6.45) is -0.364. The number of hydrogen-bond donors (Lipinski definition) is 3. The third kappa shape index (κ3) is 9.17. The third-order valence-corrected chi connectivity index (χ3v) is 9.26. The third-order valence-electron chi connectivity index (χ3n) is 9.26. The van der Waals surface area contributed by atoms with E-state index in [9.17, 15) is 14.7 Å². The van der Waals surface area contributed by atoms with Gasteiger partial charge in [-0.1, -0.05) is 104 Å². The van der Waals surface area contributed by atoms with Gasteiger partial charge >= 0.3 is 5.97 Å². The van der Waals surface area contributed by atoms with Crippen molar-refractivity contribution < 1.29 is 29.3 Å². The Hall–Kier alpha value is -4.34. The summed E-state index contributed by atoms with van der Waals surface area (Å²) in [4.78, 5) is 25.2. The second-order valence-corrected chi connectivity index (χ2v) is 12.7. The molecular weight excluding hydrogens is 604 g/mol. The van der Waals surface area contributed by atoms with Crippen molar-refractivity contribution in [2.45, 2.75) is 70.8 Å². The van der Waals surface area contributed by atoms with Crippen LogP contribution in [-0.4, -0.2) is 46.7 Å². The number of aliphatic carboxylic acids is 1. The molecule has 0 saturated carbocycles. The van der Waals surface area contributed by atoms with Crippen molar-refractivity contribution in [1.82, 2.24) is 10.2 Å². The lowest BCUT2D eigenvalue weighted by Crippen LogP contribution is -2.44. The standard InChI is InChI=1S/C40H46N2O6/c1-27-36(25-42(3)28(2)31-10-5-4-6-11-31)47-40(48-39(27)33-17-15-29(26-43)16-18-33)34-21-19-32(20-22-34)35-12-7-9-30(23-35)24-41-37(44)13-8-14-38(45)46/h4-7,9-12,15-23,27-28,36,39-40,43H,8,13-14,24-26H2,1-3H3,(H,41,44)(H,45,46). The number of nitrogens with zero attached hydrogens (tertiary/aromatic N) is 1. The number of aliphatic hydroxyl groups is 1. The Kier molecular flexibility index (Phi) is 12.1. The normalized spacial score (nSPS) is 19.9. The van der Waals surface area contributed by atoms with Crippen LogP contribution < -0.4 is 5.32 Å². The Morgan fingerprint density at radius 2 is 1.54 bits per heavy atom. The molecule has 1 fully saturated rings. The molecule has 0 spiro atoms. The van der Waals surface area contributed by atoms with Gasteiger partial charge in [-0.2, -0.15) is 0 Å². The summed E-state index contributed by atoms with van der Waals surface area (Å²) in [5.41, 5.74) is 7.11. The Morgan fingerprint density at radius 3 is 2.23 bits per heavy atom. The second kappa shape index (κ2) is 16.7. The maximum absolute atomic E-state index is 12.1. The largest absolute Gasteiger partial charge is 0.481 e. The van der Waals surface area contributed by atoms with Gasteiger partial charge in [0.2, 0.25) is 5.91 Å². The number of likely N-dealkylation sites (N-methyl/N-ethyl adjacent to an activating group) is 1. The molecule has 1 aliphatic heterocycles. The van der Waals surface area contributed by atoms with Gasteiger partial charge in [0.05, 0.1) is 18.8 Å². The van der Waals surface area contributed by atoms with Crippen LogP contribution in [0.5, 0.6) is 0 Å². The van der Waals surface area contributed by atoms with Crippen LogP contribution in [0.4, 0.5) is 0 Å². The highest BCUT2D eigenvalue weighted by Crippen LogP contribution is 2.42. The van der Waals surface area contributed by atoms with Crippen molar-refractivity contribution >= 4 is 11.9 Å². The lowest BCUT2D eigenvalue weighted by atomic mass is 9.89. The van der Waals surface area contributed by atoms with Crippen molar-refractivity contribution in [3.05, 3.63) is 131 Å². The highest BCUT2D eigenvalue weighted by Gasteiger charge is 2.39. The molecule has 4 aromatic rings. The summed E-state index contributed by atoms with van der Waals surface area (Å²) in [5.74, 6) is -0.979. The molecule has 0 bridgehead atoms. The molecule has 5 unspecified atom stereocenters. The molecule has 0 radical (unpaired) electrons. The van der Waals surface area contributed by atoms with Gasteiger partial charge in [0, 0.05) is 43.5 Å². The summed E-state index contributed by atoms with van der Waals surface area (Å²) in [5, 5.41) is 21.3. The SMILES string of the molecule is CC1C(CN(C)C(C)c2ccccc2)OC(c2ccc(-c3cccc(CNC(=O)CCCC(=O)O)c3)cc2)OC1c1ccc(CO)cc1. The topological polar surface area (TPSA) is 108 Å². The first-order valence-corrected chi connectivity index (χ1v) is 16.7. The zero-order valence-corrected chi connectivity index (χ0v) is 27.9. The van der Waals surface area contributed by atoms with Crippen molar-refractivity contribution in [3.8, 4) is 11.1 Å². The first-order valence-electron chi connectivity index (χ1n) is 16.7. The fourth-order valence-electron chi connectivity index (χ4n) is 6.14. The van der Waals surface area contributed by atoms with E-state index < -0.39 is 12.3 Å². The van der Waals surface area contributed by atoms with Crippen molar-refractivity contribution in [2.24, 2.45) is 5.92 Å². The predicted molar refractivity (Wildman–Crippen MR) is 186 cm³/mol. The number of carboxylic acid groups (broad SMARTS) is 1. The van der Waals surface area contributed by atoms with Crippen LogP contribution in [0.25, 0.3) is 11.1 Å². The number of nitrogens with one attached hydrogen (secondary N) is 1. The minimum atomic E-state index is -0.896. The zero-order valence-electron chi connectivity index (χ0n) is 27.9. The number of ether oxygens (including phenoxy) is 2. The zero-order chi connectivity index (χ0) is 34.0. The Balaban J connectivity index is 1.31. The van der Waals surface area contributed by atoms with E-state index in [1.807, 2.05) is 66.7 Å². The minimum absolute atomic E-state index is 0.00359. The van der Waals surface area contributed by atoms with Crippen LogP contribution in [0.1, 0.15) is 79.4 Å². The summed E-state index contributed by atoms with van der Waals surface area (Å²) in [6.45, 7) is 5.49. The fourth-order valence-corrected chi connectivity index (χ4v) is 6.14. The molecule has 5 rings (SSSR count). The van der Waals surface area contributed by atoms with Gasteiger partial charge in [0.15, 0.2) is 6.29 Å². The fraction of sp³-hybridized carbons (Fsp3) is 0.350. The van der Waals surface area contributed by atoms with E-state index in [0.29, 0.717) is 13.0 Å². The summed E-state index contributed by atoms with van der Waals surface area (Å²) >= 11 is 0. The van der Waals surface area contributed by atoms with Gasteiger partial charge in [-0.3, -0.25) is 14.5 Å². The number of carbonyl (C=O) groups excluding carboxylic acids is 1. The van der Waals surface area contributed by atoms with E-state index in [-0.39, 0.29) is 49.5 Å². The van der Waals surface area contributed by atoms with E-state index in [0.717, 1.165) is 39.9 Å². The minimum Gasteiger partial charge on any atom is -0.481 e. The number of aliphatic hydroxyl groups excluding tert-OH is 1. The lowest BCUT2D eigenvalue weighted by Gasteiger charge is -2.43. The number of carboxylic acids is 1. The number of carbonyl (C=O) groups is 2. The van der Waals surface area contributed by atoms with E-state index >= 15 is 0 Å². The van der Waals surface area contributed by atoms with Crippen molar-refractivity contribution in [2.75, 3.05) is 13.6 Å². The van der Waals surface area contributed by atoms with Gasteiger partial charge in [-0.05, 0) is 59.8 Å². The van der Waals surface area contributed by atoms with Gasteiger partial charge in [-0.15, -0.1) is 0 Å². The Morgan fingerprint density at radius 1 is 0.833 bits per heavy atom. The van der Waals surface area contributed by atoms with Crippen LogP contribution in [0, 0.1) is 5.92 Å². The molecule has 1 saturated heterocycles. The van der Waals surface area contributed by atoms with Gasteiger partial charge in [0.25, 0.3) is 0 Å². The summed E-state index contributed by atoms with van der Waals surface area (Å²) < 4.78 is 13.4. The first-order chi connectivity index (χ1) is 23.2. The molecule has 1 amide bonds. The van der Waals surface area contributed by atoms with E-state index in [1.165, 1.54) is 5.56 Å². The highest BCUT2D eigenvalue weighted by atomic mass is 16.7. The van der Waals surface area contributed by atoms with Crippen molar-refractivity contribution in [1.29, 1.82) is 0 Å². The van der Waals surface area contributed by atoms with Gasteiger partial charge in [-0.25, -0.2) is 0 Å². The van der Waals surface area contributed by atoms with E-state index in [1.54, 1.807) is 0 Å². The van der Waals surface area contributed by atoms with Gasteiger partial charge < -0.3 is 25.0 Å². The highest BCUT2D eigenvalue weighted by molar-refractivity contribution is 5.76. The number of rotatable bonds is 14. The van der Waals surface area contributed by atoms with Crippen molar-refractivity contribution in [3.63, 3.8) is 0 Å². The molecule has 4 aromatic carbocycles. The average Bonchev–Trinajstić information content (AvgIpc) is 3.11. The maximum Gasteiger partial charge on any atom is 0.303 e. The van der Waals surface area contributed by atoms with Crippen LogP contribution in [0.15, 0.2) is 103 Å². The monoisotopic (exact) mass is 650 g/mol. The summed E-state index contributed by atoms with van der Waals surface area (Å²) in [6, 6.07) is 34.9. The predicted octanol–water partition coefficient (Wildman–Crippen LogP) is 7.20. The van der Waals surface area contributed by atoms with Crippen LogP contribution >= 0.6 is 0 Å². The Labute approximate surface area is 283 Å². The molecule has 8 heteroatoms. The first kappa shape index (κ1) is 35.0. The van der Waals surface area contributed by atoms with Crippen LogP contribution in [-0.2, 0) is 32.2 Å². The molecule has 1 aliphatic rings. The quantitative estimate of drug-likeness (QED) is 0.132. The van der Waals surface area contributed by atoms with E-state index in [2.05, 4.69) is 67.5 Å². The lowest BCUT2D eigenvalue weighted by molar-refractivity contribution is -0.276. The molecule has 0 aliphatic carbocycles. The molecule has 3 N–H and O–H groups in total. The number of amides is 1. The number of hydrogen-bond acceptors (Lipinski definition) is 6.